The van der Waals surface area contributed by atoms with E-state index in [4.69, 9.17) is 4.74 Å². The first-order valence-electron chi connectivity index (χ1n) is 8.46. The summed E-state index contributed by atoms with van der Waals surface area (Å²) in [6, 6.07) is 16.4. The number of ether oxygens (including phenoxy) is 1. The quantitative estimate of drug-likeness (QED) is 0.868. The first-order valence-corrected chi connectivity index (χ1v) is 8.46. The van der Waals surface area contributed by atoms with Crippen LogP contribution in [0.25, 0.3) is 0 Å². The van der Waals surface area contributed by atoms with E-state index in [0.29, 0.717) is 18.7 Å². The lowest BCUT2D eigenvalue weighted by molar-refractivity contribution is -0.129. The molecule has 1 amide bonds. The monoisotopic (exact) mass is 351 g/mol. The minimum atomic E-state index is -0.612. The van der Waals surface area contributed by atoms with Gasteiger partial charge in [-0.15, -0.1) is 0 Å². The molecular formula is C21H21NO4. The van der Waals surface area contributed by atoms with E-state index >= 15 is 0 Å². The zero-order valence-corrected chi connectivity index (χ0v) is 14.8. The maximum atomic E-state index is 12.6. The lowest BCUT2D eigenvalue weighted by Gasteiger charge is -2.27. The highest BCUT2D eigenvalue weighted by Crippen LogP contribution is 2.38. The van der Waals surface area contributed by atoms with Crippen LogP contribution in [0.1, 0.15) is 24.1 Å². The van der Waals surface area contributed by atoms with Crippen LogP contribution < -0.4 is 4.74 Å². The number of hydrogen-bond acceptors (Lipinski definition) is 4. The fourth-order valence-corrected chi connectivity index (χ4v) is 3.30. The molecular weight excluding hydrogens is 330 g/mol. The van der Waals surface area contributed by atoms with Gasteiger partial charge in [-0.3, -0.25) is 9.59 Å². The summed E-state index contributed by atoms with van der Waals surface area (Å²) in [5.41, 5.74) is 1.96. The van der Waals surface area contributed by atoms with Gasteiger partial charge >= 0.3 is 0 Å². The molecule has 5 heteroatoms. The Bertz CT molecular complexity index is 857. The van der Waals surface area contributed by atoms with E-state index in [1.54, 1.807) is 30.2 Å². The van der Waals surface area contributed by atoms with Crippen molar-refractivity contribution in [1.82, 2.24) is 4.90 Å². The van der Waals surface area contributed by atoms with E-state index in [9.17, 15) is 14.7 Å². The molecule has 0 radical (unpaired) electrons. The molecule has 1 heterocycles. The van der Waals surface area contributed by atoms with Crippen LogP contribution in [0.15, 0.2) is 65.9 Å². The third kappa shape index (κ3) is 3.33. The second-order valence-electron chi connectivity index (χ2n) is 6.23. The number of nitrogens with zero attached hydrogens (tertiary/aromatic N) is 1. The molecule has 2 aromatic rings. The fourth-order valence-electron chi connectivity index (χ4n) is 3.30. The highest BCUT2D eigenvalue weighted by atomic mass is 16.5. The van der Waals surface area contributed by atoms with Gasteiger partial charge in [0.2, 0.25) is 0 Å². The van der Waals surface area contributed by atoms with Crippen LogP contribution in [0.3, 0.4) is 0 Å². The Morgan fingerprint density at radius 2 is 1.88 bits per heavy atom. The SMILES string of the molecule is COc1cccc([C@H]2C(C(C)=O)=C(O)C(=O)N2CCc2ccccc2)c1. The van der Waals surface area contributed by atoms with Crippen LogP contribution >= 0.6 is 0 Å². The molecule has 134 valence electrons. The summed E-state index contributed by atoms with van der Waals surface area (Å²) in [5, 5.41) is 10.3. The number of hydrogen-bond donors (Lipinski definition) is 1. The Labute approximate surface area is 152 Å². The largest absolute Gasteiger partial charge is 0.503 e. The lowest BCUT2D eigenvalue weighted by Crippen LogP contribution is -2.32. The summed E-state index contributed by atoms with van der Waals surface area (Å²) < 4.78 is 5.26. The topological polar surface area (TPSA) is 66.8 Å². The molecule has 0 aromatic heterocycles. The predicted octanol–water partition coefficient (Wildman–Crippen LogP) is 3.22. The van der Waals surface area contributed by atoms with Crippen LogP contribution in [0.2, 0.25) is 0 Å². The van der Waals surface area contributed by atoms with Crippen molar-refractivity contribution in [2.24, 2.45) is 0 Å². The summed E-state index contributed by atoms with van der Waals surface area (Å²) in [7, 11) is 1.56. The second-order valence-corrected chi connectivity index (χ2v) is 6.23. The summed E-state index contributed by atoms with van der Waals surface area (Å²) >= 11 is 0. The second kappa shape index (κ2) is 7.44. The zero-order valence-electron chi connectivity index (χ0n) is 14.8. The molecule has 0 bridgehead atoms. The first-order chi connectivity index (χ1) is 12.5. The summed E-state index contributed by atoms with van der Waals surface area (Å²) in [5.74, 6) is -0.657. The number of ketones is 1. The predicted molar refractivity (Wildman–Crippen MR) is 97.9 cm³/mol. The van der Waals surface area contributed by atoms with Crippen LogP contribution in [0.5, 0.6) is 5.75 Å². The average Bonchev–Trinajstić information content (AvgIpc) is 2.92. The zero-order chi connectivity index (χ0) is 18.7. The normalized spacial score (nSPS) is 16.9. The van der Waals surface area contributed by atoms with Gasteiger partial charge in [0.25, 0.3) is 5.91 Å². The smallest absolute Gasteiger partial charge is 0.290 e. The van der Waals surface area contributed by atoms with Crippen molar-refractivity contribution < 1.29 is 19.4 Å². The molecule has 0 saturated carbocycles. The number of carbonyl (C=O) groups excluding carboxylic acids is 2. The van der Waals surface area contributed by atoms with Crippen molar-refractivity contribution in [3.05, 3.63) is 77.1 Å². The maximum Gasteiger partial charge on any atom is 0.290 e. The highest BCUT2D eigenvalue weighted by molar-refractivity contribution is 6.08. The average molecular weight is 351 g/mol. The van der Waals surface area contributed by atoms with Gasteiger partial charge in [0.15, 0.2) is 11.5 Å². The van der Waals surface area contributed by atoms with Crippen molar-refractivity contribution in [2.75, 3.05) is 13.7 Å². The Morgan fingerprint density at radius 3 is 2.54 bits per heavy atom. The van der Waals surface area contributed by atoms with Gasteiger partial charge in [-0.25, -0.2) is 0 Å². The number of aliphatic hydroxyl groups excluding tert-OH is 1. The number of carbonyl (C=O) groups is 2. The molecule has 3 rings (SSSR count). The van der Waals surface area contributed by atoms with Crippen molar-refractivity contribution in [3.63, 3.8) is 0 Å². The van der Waals surface area contributed by atoms with Gasteiger partial charge in [-0.2, -0.15) is 0 Å². The molecule has 0 aliphatic carbocycles. The van der Waals surface area contributed by atoms with Crippen molar-refractivity contribution in [1.29, 1.82) is 0 Å². The molecule has 1 atom stereocenters. The number of aliphatic hydroxyl groups is 1. The molecule has 0 spiro atoms. The van der Waals surface area contributed by atoms with Crippen molar-refractivity contribution in [2.45, 2.75) is 19.4 Å². The van der Waals surface area contributed by atoms with Crippen molar-refractivity contribution >= 4 is 11.7 Å². The van der Waals surface area contributed by atoms with Gasteiger partial charge in [-0.1, -0.05) is 42.5 Å². The fraction of sp³-hybridized carbons (Fsp3) is 0.238. The van der Waals surface area contributed by atoms with Gasteiger partial charge in [0.05, 0.1) is 18.7 Å². The summed E-state index contributed by atoms with van der Waals surface area (Å²) in [4.78, 5) is 26.3. The summed E-state index contributed by atoms with van der Waals surface area (Å²) in [6.45, 7) is 1.76. The number of amides is 1. The van der Waals surface area contributed by atoms with E-state index < -0.39 is 17.7 Å². The minimum Gasteiger partial charge on any atom is -0.503 e. The Balaban J connectivity index is 1.96. The van der Waals surface area contributed by atoms with Crippen LogP contribution in [0.4, 0.5) is 0 Å². The standard InChI is InChI=1S/C21H21NO4/c1-14(23)18-19(16-9-6-10-17(13-16)26-2)22(21(25)20(18)24)12-11-15-7-4-3-5-8-15/h3-10,13,19,24H,11-12H2,1-2H3/t19-/m0/s1. The Hall–Kier alpha value is -3.08. The molecule has 0 unspecified atom stereocenters. The molecule has 1 aliphatic rings. The first kappa shape index (κ1) is 17.7. The Kier molecular flexibility index (Phi) is 5.07. The van der Waals surface area contributed by atoms with Crippen LogP contribution in [-0.4, -0.2) is 35.4 Å². The number of rotatable bonds is 6. The number of benzene rings is 2. The molecule has 5 nitrogen and oxygen atoms in total. The summed E-state index contributed by atoms with van der Waals surface area (Å²) in [6.07, 6.45) is 0.630. The molecule has 0 saturated heterocycles. The highest BCUT2D eigenvalue weighted by Gasteiger charge is 2.42. The molecule has 2 aromatic carbocycles. The molecule has 0 fully saturated rings. The van der Waals surface area contributed by atoms with Gasteiger partial charge in [0, 0.05) is 6.54 Å². The molecule has 26 heavy (non-hydrogen) atoms. The van der Waals surface area contributed by atoms with Gasteiger partial charge < -0.3 is 14.7 Å². The van der Waals surface area contributed by atoms with Gasteiger partial charge in [-0.05, 0) is 36.6 Å². The number of methoxy groups -OCH3 is 1. The van der Waals surface area contributed by atoms with E-state index in [1.165, 1.54) is 6.92 Å². The Morgan fingerprint density at radius 1 is 1.15 bits per heavy atom. The van der Waals surface area contributed by atoms with E-state index in [1.807, 2.05) is 36.4 Å². The third-order valence-corrected chi connectivity index (χ3v) is 4.58. The van der Waals surface area contributed by atoms with E-state index in [-0.39, 0.29) is 11.4 Å². The lowest BCUT2D eigenvalue weighted by atomic mass is 9.96. The number of Topliss-reactive ketones (excluding diaryl/α,β-unsaturated/α-hetero) is 1. The molecule has 1 aliphatic heterocycles. The van der Waals surface area contributed by atoms with Gasteiger partial charge in [0.1, 0.15) is 5.75 Å². The minimum absolute atomic E-state index is 0.135. The van der Waals surface area contributed by atoms with Crippen LogP contribution in [-0.2, 0) is 16.0 Å². The van der Waals surface area contributed by atoms with Crippen molar-refractivity contribution in [3.8, 4) is 5.75 Å². The molecule has 1 N–H and O–H groups in total. The third-order valence-electron chi connectivity index (χ3n) is 4.58. The van der Waals surface area contributed by atoms with E-state index in [2.05, 4.69) is 0 Å². The maximum absolute atomic E-state index is 12.6. The van der Waals surface area contributed by atoms with E-state index in [0.717, 1.165) is 11.1 Å². The van der Waals surface area contributed by atoms with Crippen LogP contribution in [0, 0.1) is 0 Å².